The quantitative estimate of drug-likeness (QED) is 0.479. The van der Waals surface area contributed by atoms with Crippen LogP contribution in [0.4, 0.5) is 0 Å². The maximum Gasteiger partial charge on any atom is 0.185 e. The number of hydrogen-bond acceptors (Lipinski definition) is 3. The Bertz CT molecular complexity index is 758. The van der Waals surface area contributed by atoms with Crippen LogP contribution in [0.1, 0.15) is 64.7 Å². The lowest BCUT2D eigenvalue weighted by atomic mass is 9.97. The van der Waals surface area contributed by atoms with E-state index in [1.54, 1.807) is 29.5 Å². The van der Waals surface area contributed by atoms with Crippen molar-refractivity contribution in [2.24, 2.45) is 5.92 Å². The molecule has 1 N–H and O–H groups in total. The van der Waals surface area contributed by atoms with Crippen molar-refractivity contribution in [3.05, 3.63) is 56.3 Å². The van der Waals surface area contributed by atoms with Crippen molar-refractivity contribution in [1.29, 1.82) is 0 Å². The number of phenols is 1. The number of hydrogen-bond donors (Lipinski definition) is 1. The molecule has 0 aliphatic carbocycles. The van der Waals surface area contributed by atoms with Gasteiger partial charge in [0.15, 0.2) is 5.78 Å². The van der Waals surface area contributed by atoms with Crippen LogP contribution in [0.15, 0.2) is 23.6 Å². The van der Waals surface area contributed by atoms with E-state index >= 15 is 0 Å². The van der Waals surface area contributed by atoms with E-state index in [1.807, 2.05) is 19.9 Å². The third-order valence-electron chi connectivity index (χ3n) is 4.30. The van der Waals surface area contributed by atoms with Crippen LogP contribution in [-0.4, -0.2) is 10.9 Å². The average Bonchev–Trinajstić information content (AvgIpc) is 2.91. The Morgan fingerprint density at radius 2 is 1.88 bits per heavy atom. The molecule has 134 valence electrons. The summed E-state index contributed by atoms with van der Waals surface area (Å²) in [6.07, 6.45) is 6.86. The Labute approximate surface area is 155 Å². The van der Waals surface area contributed by atoms with Crippen LogP contribution in [0.5, 0.6) is 5.75 Å². The van der Waals surface area contributed by atoms with Gasteiger partial charge in [-0.2, -0.15) is 0 Å². The molecule has 2 aromatic rings. The van der Waals surface area contributed by atoms with Gasteiger partial charge in [-0.3, -0.25) is 4.79 Å². The molecule has 0 aliphatic rings. The van der Waals surface area contributed by atoms with Crippen molar-refractivity contribution in [2.45, 2.75) is 53.9 Å². The molecule has 2 nitrogen and oxygen atoms in total. The van der Waals surface area contributed by atoms with Crippen molar-refractivity contribution in [2.75, 3.05) is 0 Å². The van der Waals surface area contributed by atoms with E-state index in [0.29, 0.717) is 11.5 Å². The molecule has 25 heavy (non-hydrogen) atoms. The predicted molar refractivity (Wildman–Crippen MR) is 108 cm³/mol. The van der Waals surface area contributed by atoms with E-state index in [9.17, 15) is 9.90 Å². The summed E-state index contributed by atoms with van der Waals surface area (Å²) in [6, 6.07) is 3.50. The summed E-state index contributed by atoms with van der Waals surface area (Å²) in [4.78, 5) is 13.7. The molecule has 0 saturated carbocycles. The zero-order valence-corrected chi connectivity index (χ0v) is 16.7. The van der Waals surface area contributed by atoms with Gasteiger partial charge >= 0.3 is 0 Å². The summed E-state index contributed by atoms with van der Waals surface area (Å²) in [5.41, 5.74) is 4.91. The van der Waals surface area contributed by atoms with Crippen LogP contribution in [0.25, 0.3) is 6.08 Å². The zero-order valence-electron chi connectivity index (χ0n) is 15.8. The van der Waals surface area contributed by atoms with Gasteiger partial charge in [0, 0.05) is 10.4 Å². The van der Waals surface area contributed by atoms with Crippen LogP contribution in [0.3, 0.4) is 0 Å². The van der Waals surface area contributed by atoms with Crippen molar-refractivity contribution in [3.63, 3.8) is 0 Å². The highest BCUT2D eigenvalue weighted by molar-refractivity contribution is 7.11. The van der Waals surface area contributed by atoms with Crippen molar-refractivity contribution >= 4 is 23.2 Å². The third-order valence-corrected chi connectivity index (χ3v) is 5.34. The van der Waals surface area contributed by atoms with E-state index in [2.05, 4.69) is 26.2 Å². The Hall–Kier alpha value is -1.87. The lowest BCUT2D eigenvalue weighted by molar-refractivity contribution is 0.104. The molecule has 0 saturated heterocycles. The van der Waals surface area contributed by atoms with Gasteiger partial charge in [0.1, 0.15) is 5.75 Å². The first-order chi connectivity index (χ1) is 11.8. The molecule has 0 unspecified atom stereocenters. The molecule has 1 heterocycles. The van der Waals surface area contributed by atoms with E-state index in [1.165, 1.54) is 16.0 Å². The van der Waals surface area contributed by atoms with Crippen molar-refractivity contribution in [1.82, 2.24) is 0 Å². The fraction of sp³-hybridized carbons (Fsp3) is 0.409. The molecule has 0 spiro atoms. The Kier molecular flexibility index (Phi) is 6.60. The maximum atomic E-state index is 12.5. The van der Waals surface area contributed by atoms with E-state index in [0.717, 1.165) is 30.4 Å². The number of thiophene rings is 1. The largest absolute Gasteiger partial charge is 0.507 e. The van der Waals surface area contributed by atoms with Gasteiger partial charge in [0.05, 0.1) is 0 Å². The molecule has 0 aliphatic heterocycles. The molecule has 0 atom stereocenters. The van der Waals surface area contributed by atoms with Crippen molar-refractivity contribution in [3.8, 4) is 5.75 Å². The number of aryl methyl sites for hydroxylation is 2. The van der Waals surface area contributed by atoms with Gasteiger partial charge in [-0.15, -0.1) is 11.3 Å². The highest BCUT2D eigenvalue weighted by atomic mass is 32.1. The number of carbonyl (C=O) groups excluding carboxylic acids is 1. The van der Waals surface area contributed by atoms with Crippen LogP contribution >= 0.6 is 11.3 Å². The standard InChI is InChI=1S/C22H28O2S/c1-6-7-19-18(10-14(2)3)13-25-21(19)9-8-20(23)17-11-15(4)22(24)16(5)12-17/h8-9,11-14,24H,6-7,10H2,1-5H3. The number of carbonyl (C=O) groups is 1. The first-order valence-electron chi connectivity index (χ1n) is 8.95. The topological polar surface area (TPSA) is 37.3 Å². The molecule has 1 aromatic heterocycles. The van der Waals surface area contributed by atoms with Gasteiger partial charge < -0.3 is 5.11 Å². The smallest absolute Gasteiger partial charge is 0.185 e. The number of rotatable bonds is 7. The first kappa shape index (κ1) is 19.5. The highest BCUT2D eigenvalue weighted by Gasteiger charge is 2.12. The summed E-state index contributed by atoms with van der Waals surface area (Å²) in [7, 11) is 0. The van der Waals surface area contributed by atoms with Gasteiger partial charge in [-0.25, -0.2) is 0 Å². The van der Waals surface area contributed by atoms with Gasteiger partial charge in [0.25, 0.3) is 0 Å². The Balaban J connectivity index is 2.26. The lowest BCUT2D eigenvalue weighted by Gasteiger charge is -2.07. The average molecular weight is 357 g/mol. The van der Waals surface area contributed by atoms with Crippen LogP contribution in [0, 0.1) is 19.8 Å². The second-order valence-electron chi connectivity index (χ2n) is 7.11. The summed E-state index contributed by atoms with van der Waals surface area (Å²) in [6.45, 7) is 10.3. The summed E-state index contributed by atoms with van der Waals surface area (Å²) in [5.74, 6) is 0.876. The normalized spacial score (nSPS) is 11.6. The molecule has 1 aromatic carbocycles. The molecule has 2 rings (SSSR count). The van der Waals surface area contributed by atoms with Gasteiger partial charge in [-0.05, 0) is 84.5 Å². The number of allylic oxidation sites excluding steroid dienone is 1. The minimum absolute atomic E-state index is 0.0209. The predicted octanol–water partition coefficient (Wildman–Crippen LogP) is 6.12. The number of ketones is 1. The number of aromatic hydroxyl groups is 1. The van der Waals surface area contributed by atoms with Crippen LogP contribution in [0.2, 0.25) is 0 Å². The zero-order chi connectivity index (χ0) is 18.6. The third kappa shape index (κ3) is 4.82. The summed E-state index contributed by atoms with van der Waals surface area (Å²) in [5, 5.41) is 12.1. The number of phenolic OH excluding ortho intramolecular Hbond substituents is 1. The van der Waals surface area contributed by atoms with Gasteiger partial charge in [0.2, 0.25) is 0 Å². The van der Waals surface area contributed by atoms with Crippen LogP contribution < -0.4 is 0 Å². The van der Waals surface area contributed by atoms with E-state index < -0.39 is 0 Å². The molecule has 0 bridgehead atoms. The molecular weight excluding hydrogens is 328 g/mol. The second-order valence-corrected chi connectivity index (χ2v) is 8.02. The van der Waals surface area contributed by atoms with Gasteiger partial charge in [-0.1, -0.05) is 27.2 Å². The SMILES string of the molecule is CCCc1c(CC(C)C)csc1C=CC(=O)c1cc(C)c(O)c(C)c1. The fourth-order valence-electron chi connectivity index (χ4n) is 3.07. The monoisotopic (exact) mass is 356 g/mol. The molecule has 0 amide bonds. The van der Waals surface area contributed by atoms with Crippen molar-refractivity contribution < 1.29 is 9.90 Å². The molecule has 0 fully saturated rings. The lowest BCUT2D eigenvalue weighted by Crippen LogP contribution is -1.98. The van der Waals surface area contributed by atoms with Crippen LogP contribution in [-0.2, 0) is 12.8 Å². The Morgan fingerprint density at radius 1 is 1.24 bits per heavy atom. The molecule has 3 heteroatoms. The summed E-state index contributed by atoms with van der Waals surface area (Å²) < 4.78 is 0. The number of benzene rings is 1. The fourth-order valence-corrected chi connectivity index (χ4v) is 4.10. The summed E-state index contributed by atoms with van der Waals surface area (Å²) >= 11 is 1.73. The Morgan fingerprint density at radius 3 is 2.44 bits per heavy atom. The minimum Gasteiger partial charge on any atom is -0.507 e. The molecule has 0 radical (unpaired) electrons. The minimum atomic E-state index is -0.0209. The molecular formula is C22H28O2S. The first-order valence-corrected chi connectivity index (χ1v) is 9.83. The van der Waals surface area contributed by atoms with E-state index in [4.69, 9.17) is 0 Å². The second kappa shape index (κ2) is 8.48. The highest BCUT2D eigenvalue weighted by Crippen LogP contribution is 2.28. The maximum absolute atomic E-state index is 12.5. The van der Waals surface area contributed by atoms with E-state index in [-0.39, 0.29) is 11.5 Å².